The van der Waals surface area contributed by atoms with Gasteiger partial charge in [0.15, 0.2) is 0 Å². The molecule has 6 heteroatoms. The second kappa shape index (κ2) is 9.43. The van der Waals surface area contributed by atoms with Gasteiger partial charge in [0.05, 0.1) is 12.7 Å². The van der Waals surface area contributed by atoms with Crippen molar-refractivity contribution >= 4 is 24.3 Å². The molecule has 0 aromatic heterocycles. The molecule has 5 nitrogen and oxygen atoms in total. The molecule has 1 aliphatic heterocycles. The van der Waals surface area contributed by atoms with Gasteiger partial charge in [-0.25, -0.2) is 4.79 Å². The Morgan fingerprint density at radius 3 is 2.64 bits per heavy atom. The smallest absolute Gasteiger partial charge is 0.337 e. The molecule has 1 aromatic rings. The van der Waals surface area contributed by atoms with Gasteiger partial charge in [-0.3, -0.25) is 4.79 Å². The number of benzene rings is 1. The summed E-state index contributed by atoms with van der Waals surface area (Å²) in [5, 5.41) is 6.25. The molecule has 1 amide bonds. The van der Waals surface area contributed by atoms with Gasteiger partial charge in [0.1, 0.15) is 0 Å². The molecule has 1 aliphatic rings. The number of carbonyl (C=O) groups is 2. The van der Waals surface area contributed by atoms with E-state index in [9.17, 15) is 9.59 Å². The lowest BCUT2D eigenvalue weighted by Gasteiger charge is -2.10. The minimum atomic E-state index is -0.334. The molecule has 22 heavy (non-hydrogen) atoms. The predicted octanol–water partition coefficient (Wildman–Crippen LogP) is 1.70. The zero-order valence-electron chi connectivity index (χ0n) is 12.8. The van der Waals surface area contributed by atoms with E-state index >= 15 is 0 Å². The Labute approximate surface area is 137 Å². The third kappa shape index (κ3) is 5.66. The summed E-state index contributed by atoms with van der Waals surface area (Å²) in [5.41, 5.74) is 1.62. The summed E-state index contributed by atoms with van der Waals surface area (Å²) in [7, 11) is 1.37. The van der Waals surface area contributed by atoms with Crippen molar-refractivity contribution in [2.75, 3.05) is 20.2 Å². The van der Waals surface area contributed by atoms with Crippen molar-refractivity contribution < 1.29 is 14.3 Å². The molecule has 1 heterocycles. The second-order valence-corrected chi connectivity index (χ2v) is 5.29. The van der Waals surface area contributed by atoms with Crippen LogP contribution in [0.3, 0.4) is 0 Å². The van der Waals surface area contributed by atoms with E-state index in [0.29, 0.717) is 24.6 Å². The lowest BCUT2D eigenvalue weighted by molar-refractivity contribution is -0.121. The first-order chi connectivity index (χ1) is 10.2. The fourth-order valence-corrected chi connectivity index (χ4v) is 2.50. The summed E-state index contributed by atoms with van der Waals surface area (Å²) in [5.74, 6) is -0.237. The molecular weight excluding hydrogens is 304 g/mol. The molecule has 0 spiro atoms. The number of ether oxygens (including phenoxy) is 1. The molecule has 1 fully saturated rings. The highest BCUT2D eigenvalue weighted by Crippen LogP contribution is 2.08. The van der Waals surface area contributed by atoms with Gasteiger partial charge >= 0.3 is 5.97 Å². The number of rotatable bonds is 6. The Morgan fingerprint density at radius 2 is 2.05 bits per heavy atom. The van der Waals surface area contributed by atoms with E-state index in [0.717, 1.165) is 31.4 Å². The quantitative estimate of drug-likeness (QED) is 0.781. The van der Waals surface area contributed by atoms with Crippen LogP contribution in [0.4, 0.5) is 0 Å². The maximum atomic E-state index is 11.8. The molecule has 0 saturated carbocycles. The fraction of sp³-hybridized carbons (Fsp3) is 0.500. The van der Waals surface area contributed by atoms with Crippen molar-refractivity contribution in [3.8, 4) is 0 Å². The maximum Gasteiger partial charge on any atom is 0.337 e. The normalized spacial score (nSPS) is 16.7. The van der Waals surface area contributed by atoms with Crippen molar-refractivity contribution in [3.05, 3.63) is 35.4 Å². The highest BCUT2D eigenvalue weighted by Gasteiger charge is 2.17. The lowest BCUT2D eigenvalue weighted by atomic mass is 10.1. The van der Waals surface area contributed by atoms with Gasteiger partial charge in [-0.05, 0) is 43.5 Å². The van der Waals surface area contributed by atoms with Crippen LogP contribution in [-0.4, -0.2) is 38.1 Å². The Hall–Kier alpha value is -1.59. The lowest BCUT2D eigenvalue weighted by Crippen LogP contribution is -2.32. The number of esters is 1. The summed E-state index contributed by atoms with van der Waals surface area (Å²) in [6.07, 6.45) is 3.56. The second-order valence-electron chi connectivity index (χ2n) is 5.29. The summed E-state index contributed by atoms with van der Waals surface area (Å²) in [6, 6.07) is 7.59. The average molecular weight is 327 g/mol. The van der Waals surface area contributed by atoms with E-state index in [4.69, 9.17) is 0 Å². The van der Waals surface area contributed by atoms with E-state index in [1.807, 2.05) is 12.1 Å². The zero-order chi connectivity index (χ0) is 15.1. The number of methoxy groups -OCH3 is 1. The summed E-state index contributed by atoms with van der Waals surface area (Å²) >= 11 is 0. The molecular formula is C16H23ClN2O3. The third-order valence-electron chi connectivity index (χ3n) is 3.71. The first kappa shape index (κ1) is 18.5. The fourth-order valence-electron chi connectivity index (χ4n) is 2.50. The molecule has 1 aromatic carbocycles. The third-order valence-corrected chi connectivity index (χ3v) is 3.71. The standard InChI is InChI=1S/C16H22N2O3.ClH/c1-21-16(20)13-6-4-12(5-7-13)8-10-18-15(19)11-14-3-2-9-17-14;/h4-7,14,17H,2-3,8-11H2,1H3,(H,18,19);1H. The zero-order valence-corrected chi connectivity index (χ0v) is 13.6. The molecule has 122 valence electrons. The molecule has 0 aliphatic carbocycles. The maximum absolute atomic E-state index is 11.8. The number of amides is 1. The highest BCUT2D eigenvalue weighted by molar-refractivity contribution is 5.89. The molecule has 1 atom stereocenters. The largest absolute Gasteiger partial charge is 0.465 e. The first-order valence-corrected chi connectivity index (χ1v) is 7.36. The van der Waals surface area contributed by atoms with Gasteiger partial charge in [0, 0.05) is 19.0 Å². The van der Waals surface area contributed by atoms with Gasteiger partial charge in [-0.1, -0.05) is 12.1 Å². The van der Waals surface area contributed by atoms with E-state index in [1.54, 1.807) is 12.1 Å². The van der Waals surface area contributed by atoms with E-state index < -0.39 is 0 Å². The van der Waals surface area contributed by atoms with Crippen LogP contribution in [0.2, 0.25) is 0 Å². The van der Waals surface area contributed by atoms with Crippen LogP contribution >= 0.6 is 12.4 Å². The molecule has 2 N–H and O–H groups in total. The average Bonchev–Trinajstić information content (AvgIpc) is 3.00. The van der Waals surface area contributed by atoms with Gasteiger partial charge in [-0.2, -0.15) is 0 Å². The SMILES string of the molecule is COC(=O)c1ccc(CCNC(=O)CC2CCCN2)cc1.Cl. The number of halogens is 1. The number of nitrogens with one attached hydrogen (secondary N) is 2. The number of carbonyl (C=O) groups excluding carboxylic acids is 2. The van der Waals surface area contributed by atoms with Crippen LogP contribution in [-0.2, 0) is 16.0 Å². The molecule has 0 radical (unpaired) electrons. The van der Waals surface area contributed by atoms with Crippen LogP contribution in [0.25, 0.3) is 0 Å². The van der Waals surface area contributed by atoms with Gasteiger partial charge in [-0.15, -0.1) is 12.4 Å². The summed E-state index contributed by atoms with van der Waals surface area (Å²) in [6.45, 7) is 1.63. The molecule has 1 saturated heterocycles. The first-order valence-electron chi connectivity index (χ1n) is 7.36. The van der Waals surface area contributed by atoms with E-state index in [-0.39, 0.29) is 24.3 Å². The van der Waals surface area contributed by atoms with Crippen LogP contribution in [0.5, 0.6) is 0 Å². The Morgan fingerprint density at radius 1 is 1.32 bits per heavy atom. The van der Waals surface area contributed by atoms with E-state index in [1.165, 1.54) is 7.11 Å². The van der Waals surface area contributed by atoms with Gasteiger partial charge < -0.3 is 15.4 Å². The summed E-state index contributed by atoms with van der Waals surface area (Å²) in [4.78, 5) is 23.1. The van der Waals surface area contributed by atoms with Crippen LogP contribution in [0, 0.1) is 0 Å². The number of hydrogen-bond donors (Lipinski definition) is 2. The Balaban J connectivity index is 0.00000242. The van der Waals surface area contributed by atoms with Crippen molar-refractivity contribution in [3.63, 3.8) is 0 Å². The molecule has 0 bridgehead atoms. The number of hydrogen-bond acceptors (Lipinski definition) is 4. The topological polar surface area (TPSA) is 67.4 Å². The Kier molecular flexibility index (Phi) is 7.91. The summed E-state index contributed by atoms with van der Waals surface area (Å²) < 4.78 is 4.65. The molecule has 2 rings (SSSR count). The van der Waals surface area contributed by atoms with Crippen molar-refractivity contribution in [1.82, 2.24) is 10.6 Å². The van der Waals surface area contributed by atoms with Crippen molar-refractivity contribution in [1.29, 1.82) is 0 Å². The van der Waals surface area contributed by atoms with E-state index in [2.05, 4.69) is 15.4 Å². The van der Waals surface area contributed by atoms with Crippen LogP contribution in [0.1, 0.15) is 35.2 Å². The van der Waals surface area contributed by atoms with Gasteiger partial charge in [0.2, 0.25) is 5.91 Å². The minimum Gasteiger partial charge on any atom is -0.465 e. The Bertz CT molecular complexity index is 485. The van der Waals surface area contributed by atoms with Gasteiger partial charge in [0.25, 0.3) is 0 Å². The van der Waals surface area contributed by atoms with Crippen molar-refractivity contribution in [2.24, 2.45) is 0 Å². The highest BCUT2D eigenvalue weighted by atomic mass is 35.5. The van der Waals surface area contributed by atoms with Crippen LogP contribution in [0.15, 0.2) is 24.3 Å². The molecule has 1 unspecified atom stereocenters. The van der Waals surface area contributed by atoms with Crippen molar-refractivity contribution in [2.45, 2.75) is 31.7 Å². The van der Waals surface area contributed by atoms with Crippen LogP contribution < -0.4 is 10.6 Å². The predicted molar refractivity (Wildman–Crippen MR) is 87.4 cm³/mol. The minimum absolute atomic E-state index is 0. The monoisotopic (exact) mass is 326 g/mol.